The van der Waals surface area contributed by atoms with Crippen molar-refractivity contribution in [2.24, 2.45) is 0 Å². The Morgan fingerprint density at radius 1 is 0.679 bits per heavy atom. The number of fused-ring (bicyclic) bond motifs is 2. The maximum atomic E-state index is 3.23. The third-order valence-corrected chi connectivity index (χ3v) is 5.94. The van der Waals surface area contributed by atoms with Gasteiger partial charge in [-0.15, -0.1) is 16.8 Å². The van der Waals surface area contributed by atoms with Crippen molar-refractivity contribution in [2.75, 3.05) is 0 Å². The average Bonchev–Trinajstić information content (AvgIpc) is 2.62. The molecule has 0 bridgehead atoms. The van der Waals surface area contributed by atoms with E-state index in [1.165, 1.54) is 60.5 Å². The molecule has 0 atom stereocenters. The SMILES string of the molecule is Cc1ccc2c(Cc3c(C)c(C)cc4c[c-]ccc34)c(C)c(C)cc2c1.[Y].[Y]. The topological polar surface area (TPSA) is 0 Å². The van der Waals surface area contributed by atoms with Crippen molar-refractivity contribution in [3.63, 3.8) is 0 Å². The van der Waals surface area contributed by atoms with Gasteiger partial charge in [0.1, 0.15) is 0 Å². The van der Waals surface area contributed by atoms with Crippen molar-refractivity contribution < 1.29 is 65.4 Å². The summed E-state index contributed by atoms with van der Waals surface area (Å²) in [7, 11) is 0. The zero-order chi connectivity index (χ0) is 18.4. The van der Waals surface area contributed by atoms with Gasteiger partial charge in [-0.05, 0) is 74.1 Å². The van der Waals surface area contributed by atoms with Crippen LogP contribution in [-0.2, 0) is 71.8 Å². The van der Waals surface area contributed by atoms with Crippen LogP contribution in [0.5, 0.6) is 0 Å². The molecular weight excluding hydrogens is 490 g/mol. The maximum Gasteiger partial charge on any atom is 0 e. The molecule has 2 radical (unpaired) electrons. The predicted molar refractivity (Wildman–Crippen MR) is 113 cm³/mol. The van der Waals surface area contributed by atoms with Gasteiger partial charge >= 0.3 is 0 Å². The first-order valence-corrected chi connectivity index (χ1v) is 9.34. The molecule has 0 saturated heterocycles. The van der Waals surface area contributed by atoms with Crippen molar-refractivity contribution in [1.82, 2.24) is 0 Å². The van der Waals surface area contributed by atoms with Crippen LogP contribution in [0.15, 0.2) is 48.5 Å². The van der Waals surface area contributed by atoms with Crippen LogP contribution >= 0.6 is 0 Å². The second-order valence-electron chi connectivity index (χ2n) is 7.64. The fourth-order valence-corrected chi connectivity index (χ4v) is 4.11. The predicted octanol–water partition coefficient (Wildman–Crippen LogP) is 6.92. The molecule has 0 fully saturated rings. The van der Waals surface area contributed by atoms with Gasteiger partial charge in [0.05, 0.1) is 0 Å². The van der Waals surface area contributed by atoms with Crippen LogP contribution in [0.3, 0.4) is 0 Å². The van der Waals surface area contributed by atoms with E-state index in [9.17, 15) is 0 Å². The Balaban J connectivity index is 0.00000140. The molecule has 2 heteroatoms. The van der Waals surface area contributed by atoms with E-state index in [1.54, 1.807) is 0 Å². The quantitative estimate of drug-likeness (QED) is 0.254. The minimum Gasteiger partial charge on any atom is -0.183 e. The largest absolute Gasteiger partial charge is 0.183 e. The first kappa shape index (κ1) is 23.9. The third-order valence-electron chi connectivity index (χ3n) is 5.94. The van der Waals surface area contributed by atoms with Gasteiger partial charge in [-0.25, -0.2) is 0 Å². The summed E-state index contributed by atoms with van der Waals surface area (Å²) in [5.74, 6) is 0. The van der Waals surface area contributed by atoms with E-state index < -0.39 is 0 Å². The van der Waals surface area contributed by atoms with E-state index in [0.717, 1.165) is 6.42 Å². The summed E-state index contributed by atoms with van der Waals surface area (Å²) in [4.78, 5) is 0. The van der Waals surface area contributed by atoms with Crippen LogP contribution in [-0.4, -0.2) is 0 Å². The van der Waals surface area contributed by atoms with Gasteiger partial charge in [-0.3, -0.25) is 0 Å². The molecule has 0 N–H and O–H groups in total. The molecule has 136 valence electrons. The van der Waals surface area contributed by atoms with Gasteiger partial charge in [0.2, 0.25) is 0 Å². The molecule has 0 aliphatic rings. The van der Waals surface area contributed by atoms with E-state index in [0.29, 0.717) is 0 Å². The molecule has 4 aromatic carbocycles. The van der Waals surface area contributed by atoms with E-state index in [2.05, 4.69) is 83.1 Å². The number of aryl methyl sites for hydroxylation is 3. The van der Waals surface area contributed by atoms with Crippen LogP contribution in [0.1, 0.15) is 38.9 Å². The van der Waals surface area contributed by atoms with Crippen molar-refractivity contribution in [1.29, 1.82) is 0 Å². The molecule has 4 rings (SSSR count). The van der Waals surface area contributed by atoms with Gasteiger partial charge in [0.15, 0.2) is 0 Å². The Bertz CT molecular complexity index is 1160. The Kier molecular flexibility index (Phi) is 8.20. The zero-order valence-electron chi connectivity index (χ0n) is 17.5. The van der Waals surface area contributed by atoms with E-state index in [4.69, 9.17) is 0 Å². The summed E-state index contributed by atoms with van der Waals surface area (Å²) in [6.45, 7) is 11.2. The Morgan fingerprint density at radius 2 is 1.25 bits per heavy atom. The second kappa shape index (κ2) is 9.61. The number of hydrogen-bond donors (Lipinski definition) is 0. The smallest absolute Gasteiger partial charge is 0 e. The molecule has 0 heterocycles. The van der Waals surface area contributed by atoms with E-state index >= 15 is 0 Å². The first-order valence-electron chi connectivity index (χ1n) is 9.34. The minimum absolute atomic E-state index is 0. The van der Waals surface area contributed by atoms with Gasteiger partial charge in [0.25, 0.3) is 0 Å². The van der Waals surface area contributed by atoms with E-state index in [1.807, 2.05) is 6.07 Å². The molecule has 28 heavy (non-hydrogen) atoms. The summed E-state index contributed by atoms with van der Waals surface area (Å²) in [5, 5.41) is 5.38. The normalized spacial score (nSPS) is 10.6. The second-order valence-corrected chi connectivity index (χ2v) is 7.64. The molecule has 0 aliphatic heterocycles. The summed E-state index contributed by atoms with van der Waals surface area (Å²) in [6, 6.07) is 21.0. The van der Waals surface area contributed by atoms with Crippen molar-refractivity contribution >= 4 is 21.5 Å². The van der Waals surface area contributed by atoms with Crippen LogP contribution in [0.25, 0.3) is 21.5 Å². The van der Waals surface area contributed by atoms with Crippen molar-refractivity contribution in [3.8, 4) is 0 Å². The fraction of sp³-hybridized carbons (Fsp3) is 0.231. The van der Waals surface area contributed by atoms with Crippen molar-refractivity contribution in [2.45, 2.75) is 41.0 Å². The molecule has 0 saturated carbocycles. The molecule has 0 aromatic heterocycles. The van der Waals surface area contributed by atoms with Crippen molar-refractivity contribution in [3.05, 3.63) is 93.5 Å². The van der Waals surface area contributed by atoms with Gasteiger partial charge in [-0.2, -0.15) is 24.3 Å². The Labute approximate surface area is 219 Å². The molecule has 0 spiro atoms. The molecule has 0 aliphatic carbocycles. The standard InChI is InChI=1S/C26H25.2Y/c1-16-10-11-24-22(12-16)14-18(3)20(5)26(24)15-25-19(4)17(2)13-21-8-6-7-9-23(21)25;;/h7-14H,15H2,1-5H3;;/q-1;;. The van der Waals surface area contributed by atoms with Gasteiger partial charge in [0, 0.05) is 65.4 Å². The minimum atomic E-state index is 0. The number of benzene rings is 4. The molecular formula is C26H25Y2-. The average molecular weight is 515 g/mol. The monoisotopic (exact) mass is 515 g/mol. The summed E-state index contributed by atoms with van der Waals surface area (Å²) in [6.07, 6.45) is 0.973. The molecule has 4 aromatic rings. The summed E-state index contributed by atoms with van der Waals surface area (Å²) in [5.41, 5.74) is 9.79. The molecule has 0 nitrogen and oxygen atoms in total. The number of rotatable bonds is 2. The van der Waals surface area contributed by atoms with Gasteiger partial charge in [-0.1, -0.05) is 41.0 Å². The number of hydrogen-bond acceptors (Lipinski definition) is 0. The first-order chi connectivity index (χ1) is 12.5. The van der Waals surface area contributed by atoms with Gasteiger partial charge < -0.3 is 0 Å². The fourth-order valence-electron chi connectivity index (χ4n) is 4.11. The van der Waals surface area contributed by atoms with Crippen LogP contribution < -0.4 is 0 Å². The van der Waals surface area contributed by atoms with Crippen LogP contribution in [0, 0.1) is 40.7 Å². The molecule has 0 unspecified atom stereocenters. The third kappa shape index (κ3) is 4.36. The molecule has 0 amide bonds. The van der Waals surface area contributed by atoms with Crippen LogP contribution in [0.2, 0.25) is 0 Å². The maximum absolute atomic E-state index is 3.23. The summed E-state index contributed by atoms with van der Waals surface area (Å²) >= 11 is 0. The van der Waals surface area contributed by atoms with E-state index in [-0.39, 0.29) is 65.4 Å². The summed E-state index contributed by atoms with van der Waals surface area (Å²) < 4.78 is 0. The Morgan fingerprint density at radius 3 is 1.89 bits per heavy atom. The zero-order valence-corrected chi connectivity index (χ0v) is 23.2. The Hall–Kier alpha value is -0.392. The van der Waals surface area contributed by atoms with Crippen LogP contribution in [0.4, 0.5) is 0 Å².